The van der Waals surface area contributed by atoms with E-state index in [1.807, 2.05) is 18.2 Å². The second-order valence-corrected chi connectivity index (χ2v) is 2.86. The molecule has 1 rings (SSSR count). The summed E-state index contributed by atoms with van der Waals surface area (Å²) in [5, 5.41) is 5.57. The number of benzene rings is 1. The number of carbonyl (C=O) groups excluding carboxylic acids is 1. The maximum absolute atomic E-state index is 11.3. The second kappa shape index (κ2) is 5.07. The molecule has 0 unspecified atom stereocenters. The highest BCUT2D eigenvalue weighted by atomic mass is 16.1. The fourth-order valence-electron chi connectivity index (χ4n) is 1.16. The number of amides is 1. The maximum Gasteiger partial charge on any atom is 0.251 e. The van der Waals surface area contributed by atoms with Crippen molar-refractivity contribution in [3.05, 3.63) is 48.2 Å². The lowest BCUT2D eigenvalue weighted by molar-refractivity contribution is 0.0963. The van der Waals surface area contributed by atoms with Crippen LogP contribution in [0.3, 0.4) is 0 Å². The van der Waals surface area contributed by atoms with Gasteiger partial charge in [-0.1, -0.05) is 18.7 Å². The van der Waals surface area contributed by atoms with Crippen molar-refractivity contribution in [3.63, 3.8) is 0 Å². The summed E-state index contributed by atoms with van der Waals surface area (Å²) in [5.74, 6) is -0.0644. The first-order valence-electron chi connectivity index (χ1n) is 4.43. The first-order valence-corrected chi connectivity index (χ1v) is 4.43. The third-order valence-electron chi connectivity index (χ3n) is 1.87. The molecule has 0 saturated heterocycles. The first-order chi connectivity index (χ1) is 6.77. The summed E-state index contributed by atoms with van der Waals surface area (Å²) < 4.78 is 0. The Morgan fingerprint density at radius 2 is 2.36 bits per heavy atom. The Morgan fingerprint density at radius 1 is 1.57 bits per heavy atom. The van der Waals surface area contributed by atoms with Crippen LogP contribution in [0.1, 0.15) is 15.9 Å². The SMILES string of the molecule is C=CNCc1cccc(C(=O)NC)c1. The van der Waals surface area contributed by atoms with Crippen molar-refractivity contribution in [3.8, 4) is 0 Å². The predicted octanol–water partition coefficient (Wildman–Crippen LogP) is 1.28. The number of hydrogen-bond donors (Lipinski definition) is 2. The van der Waals surface area contributed by atoms with Crippen LogP contribution in [0.4, 0.5) is 0 Å². The molecule has 1 aromatic carbocycles. The Labute approximate surface area is 83.8 Å². The molecular formula is C11H14N2O. The summed E-state index contributed by atoms with van der Waals surface area (Å²) in [7, 11) is 1.62. The molecule has 74 valence electrons. The van der Waals surface area contributed by atoms with Crippen LogP contribution in [-0.2, 0) is 6.54 Å². The zero-order chi connectivity index (χ0) is 10.4. The van der Waals surface area contributed by atoms with Crippen molar-refractivity contribution < 1.29 is 4.79 Å². The lowest BCUT2D eigenvalue weighted by atomic mass is 10.1. The molecule has 14 heavy (non-hydrogen) atoms. The van der Waals surface area contributed by atoms with E-state index in [9.17, 15) is 4.79 Å². The smallest absolute Gasteiger partial charge is 0.251 e. The van der Waals surface area contributed by atoms with Crippen LogP contribution in [0, 0.1) is 0 Å². The van der Waals surface area contributed by atoms with Gasteiger partial charge in [-0.15, -0.1) is 0 Å². The highest BCUT2D eigenvalue weighted by Crippen LogP contribution is 2.04. The zero-order valence-electron chi connectivity index (χ0n) is 8.21. The molecule has 0 aliphatic heterocycles. The van der Waals surface area contributed by atoms with E-state index in [0.717, 1.165) is 5.56 Å². The Morgan fingerprint density at radius 3 is 3.00 bits per heavy atom. The summed E-state index contributed by atoms with van der Waals surface area (Å²) >= 11 is 0. The molecule has 1 aromatic rings. The molecule has 0 bridgehead atoms. The van der Waals surface area contributed by atoms with Crippen molar-refractivity contribution in [2.24, 2.45) is 0 Å². The van der Waals surface area contributed by atoms with Gasteiger partial charge in [0, 0.05) is 19.2 Å². The third-order valence-corrected chi connectivity index (χ3v) is 1.87. The van der Waals surface area contributed by atoms with Crippen molar-refractivity contribution in [1.82, 2.24) is 10.6 Å². The van der Waals surface area contributed by atoms with Gasteiger partial charge in [0.15, 0.2) is 0 Å². The van der Waals surface area contributed by atoms with Crippen molar-refractivity contribution in [2.45, 2.75) is 6.54 Å². The van der Waals surface area contributed by atoms with Crippen molar-refractivity contribution >= 4 is 5.91 Å². The minimum atomic E-state index is -0.0644. The van der Waals surface area contributed by atoms with Crippen LogP contribution in [0.2, 0.25) is 0 Å². The van der Waals surface area contributed by atoms with E-state index >= 15 is 0 Å². The van der Waals surface area contributed by atoms with E-state index < -0.39 is 0 Å². The van der Waals surface area contributed by atoms with Crippen LogP contribution in [0.15, 0.2) is 37.0 Å². The van der Waals surface area contributed by atoms with E-state index in [4.69, 9.17) is 0 Å². The molecule has 0 spiro atoms. The summed E-state index contributed by atoms with van der Waals surface area (Å²) in [6.07, 6.45) is 1.63. The summed E-state index contributed by atoms with van der Waals surface area (Å²) in [6.45, 7) is 4.25. The molecule has 0 fully saturated rings. The van der Waals surface area contributed by atoms with Crippen molar-refractivity contribution in [1.29, 1.82) is 0 Å². The molecule has 0 atom stereocenters. The lowest BCUT2D eigenvalue weighted by Crippen LogP contribution is -2.18. The minimum absolute atomic E-state index is 0.0644. The monoisotopic (exact) mass is 190 g/mol. The Kier molecular flexibility index (Phi) is 3.73. The van der Waals surface area contributed by atoms with Crippen LogP contribution in [0.25, 0.3) is 0 Å². The van der Waals surface area contributed by atoms with Crippen LogP contribution >= 0.6 is 0 Å². The molecule has 1 amide bonds. The summed E-state index contributed by atoms with van der Waals surface area (Å²) in [5.41, 5.74) is 1.74. The number of carbonyl (C=O) groups is 1. The number of nitrogens with one attached hydrogen (secondary N) is 2. The van der Waals surface area contributed by atoms with Gasteiger partial charge in [0.25, 0.3) is 5.91 Å². The van der Waals surface area contributed by atoms with Crippen LogP contribution in [0.5, 0.6) is 0 Å². The highest BCUT2D eigenvalue weighted by Gasteiger charge is 2.02. The topological polar surface area (TPSA) is 41.1 Å². The fraction of sp³-hybridized carbons (Fsp3) is 0.182. The molecule has 3 nitrogen and oxygen atoms in total. The average molecular weight is 190 g/mol. The molecule has 0 aromatic heterocycles. The van der Waals surface area contributed by atoms with E-state index in [2.05, 4.69) is 17.2 Å². The molecular weight excluding hydrogens is 176 g/mol. The Balaban J connectivity index is 2.78. The average Bonchev–Trinajstić information content (AvgIpc) is 2.25. The van der Waals surface area contributed by atoms with E-state index in [1.54, 1.807) is 19.3 Å². The van der Waals surface area contributed by atoms with Gasteiger partial charge in [-0.05, 0) is 23.9 Å². The molecule has 0 aliphatic carbocycles. The van der Waals surface area contributed by atoms with Gasteiger partial charge in [0.05, 0.1) is 0 Å². The molecule has 3 heteroatoms. The number of hydrogen-bond acceptors (Lipinski definition) is 2. The quantitative estimate of drug-likeness (QED) is 0.751. The predicted molar refractivity (Wildman–Crippen MR) is 56.9 cm³/mol. The normalized spacial score (nSPS) is 9.21. The van der Waals surface area contributed by atoms with Gasteiger partial charge in [0.2, 0.25) is 0 Å². The minimum Gasteiger partial charge on any atom is -0.387 e. The number of rotatable bonds is 4. The largest absolute Gasteiger partial charge is 0.387 e. The van der Waals surface area contributed by atoms with Crippen molar-refractivity contribution in [2.75, 3.05) is 7.05 Å². The molecule has 0 saturated carbocycles. The van der Waals surface area contributed by atoms with Gasteiger partial charge >= 0.3 is 0 Å². The summed E-state index contributed by atoms with van der Waals surface area (Å²) in [6, 6.07) is 7.47. The van der Waals surface area contributed by atoms with Gasteiger partial charge in [-0.2, -0.15) is 0 Å². The molecule has 0 radical (unpaired) electrons. The van der Waals surface area contributed by atoms with Crippen LogP contribution < -0.4 is 10.6 Å². The van der Waals surface area contributed by atoms with Gasteiger partial charge in [-0.3, -0.25) is 4.79 Å². The lowest BCUT2D eigenvalue weighted by Gasteiger charge is -2.04. The molecule has 0 heterocycles. The zero-order valence-corrected chi connectivity index (χ0v) is 8.21. The summed E-state index contributed by atoms with van der Waals surface area (Å²) in [4.78, 5) is 11.3. The van der Waals surface area contributed by atoms with Gasteiger partial charge in [0.1, 0.15) is 0 Å². The second-order valence-electron chi connectivity index (χ2n) is 2.86. The van der Waals surface area contributed by atoms with Gasteiger partial charge in [-0.25, -0.2) is 0 Å². The van der Waals surface area contributed by atoms with Crippen LogP contribution in [-0.4, -0.2) is 13.0 Å². The van der Waals surface area contributed by atoms with E-state index in [1.165, 1.54) is 0 Å². The van der Waals surface area contributed by atoms with E-state index in [-0.39, 0.29) is 5.91 Å². The molecule has 2 N–H and O–H groups in total. The Bertz CT molecular complexity index is 334. The highest BCUT2D eigenvalue weighted by molar-refractivity contribution is 5.94. The fourth-order valence-corrected chi connectivity index (χ4v) is 1.16. The Hall–Kier alpha value is -1.77. The maximum atomic E-state index is 11.3. The third kappa shape index (κ3) is 2.62. The first kappa shape index (κ1) is 10.3. The molecule has 0 aliphatic rings. The van der Waals surface area contributed by atoms with E-state index in [0.29, 0.717) is 12.1 Å². The van der Waals surface area contributed by atoms with Gasteiger partial charge < -0.3 is 10.6 Å². The standard InChI is InChI=1S/C11H14N2O/c1-3-13-8-9-5-4-6-10(7-9)11(14)12-2/h3-7,13H,1,8H2,2H3,(H,12,14).